The Morgan fingerprint density at radius 1 is 0.977 bits per heavy atom. The minimum Gasteiger partial charge on any atom is -0.489 e. The van der Waals surface area contributed by atoms with Crippen LogP contribution in [0, 0.1) is 11.8 Å². The van der Waals surface area contributed by atoms with Crippen LogP contribution in [0.3, 0.4) is 0 Å². The molecule has 44 heavy (non-hydrogen) atoms. The molecule has 1 aliphatic carbocycles. The molecular weight excluding hydrogens is 556 g/mol. The number of nitrogens with one attached hydrogen (secondary N) is 2. The molecule has 1 heterocycles. The van der Waals surface area contributed by atoms with Crippen molar-refractivity contribution in [2.75, 3.05) is 13.2 Å². The van der Waals surface area contributed by atoms with Gasteiger partial charge in [-0.15, -0.1) is 0 Å². The highest BCUT2D eigenvalue weighted by molar-refractivity contribution is 5.86. The average Bonchev–Trinajstić information content (AvgIpc) is 3.05. The zero-order chi connectivity index (χ0) is 31.0. The fourth-order valence-electron chi connectivity index (χ4n) is 6.02. The molecule has 238 valence electrons. The molecular formula is C36H48N2O6. The molecule has 8 nitrogen and oxygen atoms in total. The van der Waals surface area contributed by atoms with E-state index in [-0.39, 0.29) is 43.5 Å². The Morgan fingerprint density at radius 2 is 1.75 bits per heavy atom. The van der Waals surface area contributed by atoms with E-state index in [2.05, 4.69) is 10.6 Å². The van der Waals surface area contributed by atoms with E-state index in [1.807, 2.05) is 66.7 Å². The maximum Gasteiger partial charge on any atom is 0.305 e. The van der Waals surface area contributed by atoms with Crippen molar-refractivity contribution in [3.63, 3.8) is 0 Å². The topological polar surface area (TPSA) is 114 Å². The van der Waals surface area contributed by atoms with Gasteiger partial charge in [0, 0.05) is 12.8 Å². The van der Waals surface area contributed by atoms with Crippen molar-refractivity contribution >= 4 is 17.8 Å². The number of hydrogen-bond acceptors (Lipinski definition) is 6. The lowest BCUT2D eigenvalue weighted by Crippen LogP contribution is -2.45. The average molecular weight is 605 g/mol. The molecule has 0 aromatic heterocycles. The monoisotopic (exact) mass is 604 g/mol. The van der Waals surface area contributed by atoms with Crippen molar-refractivity contribution in [3.8, 4) is 5.75 Å². The van der Waals surface area contributed by atoms with Gasteiger partial charge in [0.2, 0.25) is 11.8 Å². The normalized spacial score (nSPS) is 21.1. The lowest BCUT2D eigenvalue weighted by Gasteiger charge is -2.28. The standard InChI is InChI=1S/C36H48N2O6/c39-24-31(21-28-17-19-33(20-18-28)43-25-29-13-7-4-8-14-29)37-34(40)23-30-15-9-1-2-10-16-35(41)44-26-32(38-36(30)42)22-27-11-5-3-6-12-27/h1,4,7-9,13-14,17-20,27,30-32,39H,2-3,5-6,10-12,15-16,21-26H2,(H,37,40)(H,38,42)/t30-,31+,32+/m1/s1. The van der Waals surface area contributed by atoms with Crippen molar-refractivity contribution in [3.05, 3.63) is 77.9 Å². The molecule has 1 aliphatic heterocycles. The van der Waals surface area contributed by atoms with E-state index in [1.165, 1.54) is 19.3 Å². The van der Waals surface area contributed by atoms with Gasteiger partial charge >= 0.3 is 5.97 Å². The third-order valence-corrected chi connectivity index (χ3v) is 8.52. The number of hydrogen-bond donors (Lipinski definition) is 3. The number of aliphatic hydroxyl groups is 1. The molecule has 0 saturated heterocycles. The summed E-state index contributed by atoms with van der Waals surface area (Å²) in [7, 11) is 0. The van der Waals surface area contributed by atoms with Crippen LogP contribution in [0.4, 0.5) is 0 Å². The second kappa shape index (κ2) is 18.2. The van der Waals surface area contributed by atoms with Crippen molar-refractivity contribution in [1.29, 1.82) is 0 Å². The van der Waals surface area contributed by atoms with E-state index in [1.54, 1.807) is 0 Å². The van der Waals surface area contributed by atoms with E-state index in [9.17, 15) is 19.5 Å². The maximum absolute atomic E-state index is 13.5. The number of cyclic esters (lactones) is 1. The molecule has 4 rings (SSSR count). The number of esters is 1. The highest BCUT2D eigenvalue weighted by Gasteiger charge is 2.27. The molecule has 1 saturated carbocycles. The number of carbonyl (C=O) groups is 3. The van der Waals surface area contributed by atoms with E-state index in [0.29, 0.717) is 44.6 Å². The summed E-state index contributed by atoms with van der Waals surface area (Å²) < 4.78 is 11.4. The molecule has 0 radical (unpaired) electrons. The fourth-order valence-corrected chi connectivity index (χ4v) is 6.02. The third-order valence-electron chi connectivity index (χ3n) is 8.52. The summed E-state index contributed by atoms with van der Waals surface area (Å²) in [5.41, 5.74) is 2.04. The SMILES string of the molecule is O=C(C[C@H]1CC=CCCCC(=O)OC[C@H](CC2CCCCC2)NC1=O)N[C@H](CO)Cc1ccc(OCc2ccccc2)cc1. The Labute approximate surface area is 261 Å². The first-order valence-corrected chi connectivity index (χ1v) is 16.3. The lowest BCUT2D eigenvalue weighted by molar-refractivity contribution is -0.145. The summed E-state index contributed by atoms with van der Waals surface area (Å²) in [6.45, 7) is 0.422. The van der Waals surface area contributed by atoms with Gasteiger partial charge in [-0.2, -0.15) is 0 Å². The Bertz CT molecular complexity index is 1190. The Balaban J connectivity index is 1.32. The molecule has 3 N–H and O–H groups in total. The first kappa shape index (κ1) is 33.2. The largest absolute Gasteiger partial charge is 0.489 e. The molecule has 2 aromatic rings. The Morgan fingerprint density at radius 3 is 2.50 bits per heavy atom. The van der Waals surface area contributed by atoms with E-state index in [0.717, 1.165) is 36.1 Å². The number of ether oxygens (including phenoxy) is 2. The Kier molecular flexibility index (Phi) is 13.8. The molecule has 8 heteroatoms. The second-order valence-corrected chi connectivity index (χ2v) is 12.2. The second-order valence-electron chi connectivity index (χ2n) is 12.2. The van der Waals surface area contributed by atoms with Gasteiger partial charge in [-0.25, -0.2) is 0 Å². The summed E-state index contributed by atoms with van der Waals surface area (Å²) in [5.74, 6) is -0.0266. The summed E-state index contributed by atoms with van der Waals surface area (Å²) in [4.78, 5) is 38.9. The van der Waals surface area contributed by atoms with Crippen LogP contribution in [0.15, 0.2) is 66.7 Å². The summed E-state index contributed by atoms with van der Waals surface area (Å²) in [6.07, 6.45) is 13.2. The minimum atomic E-state index is -0.558. The lowest BCUT2D eigenvalue weighted by atomic mass is 9.84. The van der Waals surface area contributed by atoms with Crippen molar-refractivity contribution in [1.82, 2.24) is 10.6 Å². The minimum absolute atomic E-state index is 0.00880. The molecule has 2 aromatic carbocycles. The quantitative estimate of drug-likeness (QED) is 0.233. The molecule has 0 unspecified atom stereocenters. The van der Waals surface area contributed by atoms with Gasteiger partial charge in [0.05, 0.1) is 24.6 Å². The highest BCUT2D eigenvalue weighted by atomic mass is 16.5. The number of carbonyl (C=O) groups excluding carboxylic acids is 3. The highest BCUT2D eigenvalue weighted by Crippen LogP contribution is 2.28. The summed E-state index contributed by atoms with van der Waals surface area (Å²) in [6, 6.07) is 16.8. The van der Waals surface area contributed by atoms with Crippen LogP contribution < -0.4 is 15.4 Å². The van der Waals surface area contributed by atoms with Crippen molar-refractivity contribution in [2.24, 2.45) is 11.8 Å². The molecule has 3 atom stereocenters. The third kappa shape index (κ3) is 11.8. The Hall–Kier alpha value is -3.65. The molecule has 2 amide bonds. The summed E-state index contributed by atoms with van der Waals surface area (Å²) in [5, 5.41) is 16.1. The van der Waals surface area contributed by atoms with Crippen molar-refractivity contribution < 1.29 is 29.0 Å². The smallest absolute Gasteiger partial charge is 0.305 e. The van der Waals surface area contributed by atoms with Crippen LogP contribution in [-0.2, 0) is 32.1 Å². The fraction of sp³-hybridized carbons (Fsp3) is 0.528. The van der Waals surface area contributed by atoms with Gasteiger partial charge in [0.15, 0.2) is 0 Å². The number of amides is 2. The number of benzene rings is 2. The number of aliphatic hydroxyl groups excluding tert-OH is 1. The van der Waals surface area contributed by atoms with Gasteiger partial charge in [-0.1, -0.05) is 86.7 Å². The van der Waals surface area contributed by atoms with Crippen LogP contribution >= 0.6 is 0 Å². The molecule has 0 spiro atoms. The van der Waals surface area contributed by atoms with Crippen molar-refractivity contribution in [2.45, 2.75) is 95.7 Å². The van der Waals surface area contributed by atoms with Crippen LogP contribution in [-0.4, -0.2) is 48.2 Å². The van der Waals surface area contributed by atoms with E-state index >= 15 is 0 Å². The zero-order valence-electron chi connectivity index (χ0n) is 25.8. The van der Waals surface area contributed by atoms with E-state index in [4.69, 9.17) is 9.47 Å². The van der Waals surface area contributed by atoms with Crippen LogP contribution in [0.5, 0.6) is 5.75 Å². The first-order chi connectivity index (χ1) is 21.5. The zero-order valence-corrected chi connectivity index (χ0v) is 25.8. The number of allylic oxidation sites excluding steroid dienone is 2. The summed E-state index contributed by atoms with van der Waals surface area (Å²) >= 11 is 0. The molecule has 2 aliphatic rings. The van der Waals surface area contributed by atoms with Crippen LogP contribution in [0.1, 0.15) is 81.8 Å². The van der Waals surface area contributed by atoms with E-state index < -0.39 is 12.0 Å². The first-order valence-electron chi connectivity index (χ1n) is 16.3. The van der Waals surface area contributed by atoms with Gasteiger partial charge in [-0.05, 0) is 61.3 Å². The van der Waals surface area contributed by atoms with Crippen LogP contribution in [0.25, 0.3) is 0 Å². The van der Waals surface area contributed by atoms with Gasteiger partial charge in [0.1, 0.15) is 19.0 Å². The van der Waals surface area contributed by atoms with Gasteiger partial charge < -0.3 is 25.2 Å². The predicted molar refractivity (Wildman–Crippen MR) is 170 cm³/mol. The van der Waals surface area contributed by atoms with Gasteiger partial charge in [0.25, 0.3) is 0 Å². The predicted octanol–water partition coefficient (Wildman–Crippen LogP) is 5.42. The van der Waals surface area contributed by atoms with Crippen LogP contribution in [0.2, 0.25) is 0 Å². The van der Waals surface area contributed by atoms with Gasteiger partial charge in [-0.3, -0.25) is 14.4 Å². The maximum atomic E-state index is 13.5. The number of rotatable bonds is 11. The molecule has 0 bridgehead atoms. The molecule has 1 fully saturated rings.